The molecule has 0 aliphatic carbocycles. The number of methoxy groups -OCH3 is 1. The molecule has 0 amide bonds. The van der Waals surface area contributed by atoms with Gasteiger partial charge in [-0.3, -0.25) is 4.79 Å². The molecule has 2 N–H and O–H groups in total. The van der Waals surface area contributed by atoms with Gasteiger partial charge in [-0.25, -0.2) is 0 Å². The summed E-state index contributed by atoms with van der Waals surface area (Å²) in [6.45, 7) is 0.814. The Labute approximate surface area is 161 Å². The van der Waals surface area contributed by atoms with Gasteiger partial charge in [-0.05, 0) is 35.4 Å². The lowest BCUT2D eigenvalue weighted by molar-refractivity contribution is -0.140. The van der Waals surface area contributed by atoms with Gasteiger partial charge in [0.25, 0.3) is 0 Å². The molecule has 0 saturated heterocycles. The number of hydrogen-bond donors (Lipinski definition) is 2. The molecule has 0 unspecified atom stereocenters. The van der Waals surface area contributed by atoms with Crippen LogP contribution >= 0.6 is 0 Å². The van der Waals surface area contributed by atoms with Gasteiger partial charge in [-0.15, -0.1) is 0 Å². The summed E-state index contributed by atoms with van der Waals surface area (Å²) >= 11 is 0. The third kappa shape index (κ3) is 6.86. The molecule has 0 spiro atoms. The van der Waals surface area contributed by atoms with Crippen LogP contribution < -0.4 is 10.1 Å². The quantitative estimate of drug-likeness (QED) is 0.503. The van der Waals surface area contributed by atoms with Crippen LogP contribution in [0.15, 0.2) is 48.5 Å². The van der Waals surface area contributed by atoms with E-state index in [1.165, 1.54) is 19.2 Å². The Balaban J connectivity index is 1.72. The fourth-order valence-corrected chi connectivity index (χ4v) is 2.46. The van der Waals surface area contributed by atoms with Crippen LogP contribution in [0.4, 0.5) is 13.2 Å². The van der Waals surface area contributed by atoms with Crippen LogP contribution in [-0.2, 0) is 22.1 Å². The van der Waals surface area contributed by atoms with Crippen LogP contribution in [0.3, 0.4) is 0 Å². The standard InChI is InChI=1S/C20H22F3NO4/c1-27-19(26)11-14-5-7-17(8-6-14)28-10-9-24-13-18(25)15-3-2-4-16(12-15)20(21,22)23/h2-8,12,18,24-25H,9-11,13H2,1H3/t18-/m0/s1. The van der Waals surface area contributed by atoms with Gasteiger partial charge in [-0.1, -0.05) is 24.3 Å². The minimum atomic E-state index is -4.44. The second-order valence-electron chi connectivity index (χ2n) is 6.09. The smallest absolute Gasteiger partial charge is 0.416 e. The van der Waals surface area contributed by atoms with Crippen molar-refractivity contribution in [3.8, 4) is 5.75 Å². The van der Waals surface area contributed by atoms with Crippen molar-refractivity contribution in [2.45, 2.75) is 18.7 Å². The molecule has 1 atom stereocenters. The summed E-state index contributed by atoms with van der Waals surface area (Å²) in [6.07, 6.45) is -5.31. The van der Waals surface area contributed by atoms with Gasteiger partial charge in [-0.2, -0.15) is 13.2 Å². The average Bonchev–Trinajstić information content (AvgIpc) is 2.68. The lowest BCUT2D eigenvalue weighted by Gasteiger charge is -2.15. The van der Waals surface area contributed by atoms with E-state index >= 15 is 0 Å². The predicted octanol–water partition coefficient (Wildman–Crippen LogP) is 3.12. The highest BCUT2D eigenvalue weighted by Crippen LogP contribution is 2.30. The van der Waals surface area contributed by atoms with Crippen molar-refractivity contribution in [1.82, 2.24) is 5.32 Å². The lowest BCUT2D eigenvalue weighted by atomic mass is 10.1. The van der Waals surface area contributed by atoms with Gasteiger partial charge in [0.1, 0.15) is 12.4 Å². The number of benzene rings is 2. The largest absolute Gasteiger partial charge is 0.492 e. The zero-order chi connectivity index (χ0) is 20.6. The fourth-order valence-electron chi connectivity index (χ4n) is 2.46. The molecule has 152 valence electrons. The molecule has 2 rings (SSSR count). The van der Waals surface area contributed by atoms with Crippen molar-refractivity contribution in [1.29, 1.82) is 0 Å². The number of hydrogen-bond acceptors (Lipinski definition) is 5. The fraction of sp³-hybridized carbons (Fsp3) is 0.350. The number of aliphatic hydroxyl groups is 1. The van der Waals surface area contributed by atoms with E-state index in [0.29, 0.717) is 18.9 Å². The number of rotatable bonds is 9. The predicted molar refractivity (Wildman–Crippen MR) is 96.9 cm³/mol. The van der Waals surface area contributed by atoms with Gasteiger partial charge >= 0.3 is 12.1 Å². The molecule has 5 nitrogen and oxygen atoms in total. The molecule has 8 heteroatoms. The van der Waals surface area contributed by atoms with E-state index in [1.54, 1.807) is 24.3 Å². The summed E-state index contributed by atoms with van der Waals surface area (Å²) in [5.74, 6) is 0.297. The Kier molecular flexibility index (Phi) is 7.83. The van der Waals surface area contributed by atoms with Gasteiger partial charge < -0.3 is 19.9 Å². The van der Waals surface area contributed by atoms with Gasteiger partial charge in [0.2, 0.25) is 0 Å². The molecule has 0 fully saturated rings. The number of halogens is 3. The SMILES string of the molecule is COC(=O)Cc1ccc(OCCNC[C@H](O)c2cccc(C(F)(F)F)c2)cc1. The maximum Gasteiger partial charge on any atom is 0.416 e. The minimum absolute atomic E-state index is 0.0999. The van der Waals surface area contributed by atoms with Crippen LogP contribution in [0.25, 0.3) is 0 Å². The second-order valence-corrected chi connectivity index (χ2v) is 6.09. The first-order valence-electron chi connectivity index (χ1n) is 8.64. The highest BCUT2D eigenvalue weighted by Gasteiger charge is 2.30. The van der Waals surface area contributed by atoms with Crippen LogP contribution in [0.1, 0.15) is 22.8 Å². The molecule has 0 radical (unpaired) electrons. The first-order valence-corrected chi connectivity index (χ1v) is 8.64. The summed E-state index contributed by atoms with van der Waals surface area (Å²) < 4.78 is 48.3. The van der Waals surface area contributed by atoms with Gasteiger partial charge in [0, 0.05) is 13.1 Å². The van der Waals surface area contributed by atoms with E-state index in [9.17, 15) is 23.1 Å². The minimum Gasteiger partial charge on any atom is -0.492 e. The maximum absolute atomic E-state index is 12.7. The monoisotopic (exact) mass is 397 g/mol. The van der Waals surface area contributed by atoms with Gasteiger partial charge in [0.15, 0.2) is 0 Å². The molecule has 0 saturated carbocycles. The highest BCUT2D eigenvalue weighted by molar-refractivity contribution is 5.72. The van der Waals surface area contributed by atoms with Crippen LogP contribution in [-0.4, -0.2) is 37.9 Å². The molecular weight excluding hydrogens is 375 g/mol. The summed E-state index contributed by atoms with van der Waals surface area (Å²) in [4.78, 5) is 11.2. The Morgan fingerprint density at radius 3 is 2.54 bits per heavy atom. The van der Waals surface area contributed by atoms with Crippen LogP contribution in [0.2, 0.25) is 0 Å². The number of carbonyl (C=O) groups is 1. The van der Waals surface area contributed by atoms with E-state index < -0.39 is 17.8 Å². The van der Waals surface area contributed by atoms with Gasteiger partial charge in [0.05, 0.1) is 25.2 Å². The van der Waals surface area contributed by atoms with Crippen LogP contribution in [0, 0.1) is 0 Å². The summed E-state index contributed by atoms with van der Waals surface area (Å²) in [5, 5.41) is 13.0. The molecule has 0 heterocycles. The molecule has 0 aliphatic rings. The van der Waals surface area contributed by atoms with E-state index in [-0.39, 0.29) is 24.5 Å². The normalized spacial score (nSPS) is 12.5. The first kappa shape index (κ1) is 21.7. The molecule has 2 aromatic rings. The van der Waals surface area contributed by atoms with E-state index in [2.05, 4.69) is 10.1 Å². The molecule has 0 aromatic heterocycles. The van der Waals surface area contributed by atoms with Crippen molar-refractivity contribution < 1.29 is 32.5 Å². The van der Waals surface area contributed by atoms with Crippen molar-refractivity contribution in [2.24, 2.45) is 0 Å². The second kappa shape index (κ2) is 10.1. The topological polar surface area (TPSA) is 67.8 Å². The van der Waals surface area contributed by atoms with Crippen molar-refractivity contribution in [2.75, 3.05) is 26.8 Å². The number of esters is 1. The Hall–Kier alpha value is -2.58. The number of aliphatic hydroxyl groups excluding tert-OH is 1. The Bertz CT molecular complexity index is 763. The summed E-state index contributed by atoms with van der Waals surface area (Å²) in [5.41, 5.74) is 0.217. The Morgan fingerprint density at radius 2 is 1.89 bits per heavy atom. The molecule has 28 heavy (non-hydrogen) atoms. The lowest BCUT2D eigenvalue weighted by Crippen LogP contribution is -2.26. The zero-order valence-corrected chi connectivity index (χ0v) is 15.3. The third-order valence-electron chi connectivity index (χ3n) is 3.98. The Morgan fingerprint density at radius 1 is 1.18 bits per heavy atom. The van der Waals surface area contributed by atoms with Crippen molar-refractivity contribution in [3.63, 3.8) is 0 Å². The maximum atomic E-state index is 12.7. The van der Waals surface area contributed by atoms with E-state index in [4.69, 9.17) is 4.74 Å². The van der Waals surface area contributed by atoms with Crippen molar-refractivity contribution in [3.05, 3.63) is 65.2 Å². The number of nitrogens with one attached hydrogen (secondary N) is 1. The van der Waals surface area contributed by atoms with Crippen molar-refractivity contribution >= 4 is 5.97 Å². The highest BCUT2D eigenvalue weighted by atomic mass is 19.4. The molecule has 0 aliphatic heterocycles. The number of ether oxygens (including phenoxy) is 2. The summed E-state index contributed by atoms with van der Waals surface area (Å²) in [7, 11) is 1.33. The molecule has 2 aromatic carbocycles. The number of carbonyl (C=O) groups excluding carboxylic acids is 1. The zero-order valence-electron chi connectivity index (χ0n) is 15.3. The number of alkyl halides is 3. The third-order valence-corrected chi connectivity index (χ3v) is 3.98. The summed E-state index contributed by atoms with van der Waals surface area (Å²) in [6, 6.07) is 11.6. The first-order chi connectivity index (χ1) is 13.3. The molecular formula is C20H22F3NO4. The van der Waals surface area contributed by atoms with E-state index in [0.717, 1.165) is 17.7 Å². The molecule has 0 bridgehead atoms. The van der Waals surface area contributed by atoms with E-state index in [1.807, 2.05) is 0 Å². The van der Waals surface area contributed by atoms with Crippen LogP contribution in [0.5, 0.6) is 5.75 Å². The average molecular weight is 397 g/mol.